The van der Waals surface area contributed by atoms with Gasteiger partial charge in [-0.1, -0.05) is 42.0 Å². The molecule has 0 radical (unpaired) electrons. The summed E-state index contributed by atoms with van der Waals surface area (Å²) in [6.07, 6.45) is 1.59. The number of hydrogen-bond donors (Lipinski definition) is 1. The third-order valence-electron chi connectivity index (χ3n) is 4.19. The van der Waals surface area contributed by atoms with Gasteiger partial charge in [-0.2, -0.15) is 5.10 Å². The lowest BCUT2D eigenvalue weighted by Crippen LogP contribution is -2.17. The first-order valence-electron chi connectivity index (χ1n) is 9.48. The molecule has 148 valence electrons. The molecule has 0 aliphatic rings. The van der Waals surface area contributed by atoms with Crippen molar-refractivity contribution < 1.29 is 14.3 Å². The Kier molecular flexibility index (Phi) is 7.00. The van der Waals surface area contributed by atoms with E-state index < -0.39 is 0 Å². The van der Waals surface area contributed by atoms with Crippen LogP contribution in [0.2, 0.25) is 0 Å². The number of hydrazone groups is 1. The highest BCUT2D eigenvalue weighted by Gasteiger charge is 2.04. The molecule has 29 heavy (non-hydrogen) atoms. The van der Waals surface area contributed by atoms with E-state index in [1.54, 1.807) is 30.5 Å². The standard InChI is InChI=1S/C24H24N2O3/c1-3-28-22-13-11-21(12-14-22)24(27)26-25-16-20-5-4-6-23(15-20)29-17-19-9-7-18(2)8-10-19/h4-16H,3,17H2,1-2H3,(H,26,27)/b25-16-. The van der Waals surface area contributed by atoms with E-state index in [-0.39, 0.29) is 5.91 Å². The summed E-state index contributed by atoms with van der Waals surface area (Å²) >= 11 is 0. The first kappa shape index (κ1) is 20.1. The molecule has 3 aromatic rings. The monoisotopic (exact) mass is 388 g/mol. The van der Waals surface area contributed by atoms with Crippen LogP contribution in [0.3, 0.4) is 0 Å². The van der Waals surface area contributed by atoms with Gasteiger partial charge in [0.25, 0.3) is 5.91 Å². The number of nitrogens with zero attached hydrogens (tertiary/aromatic N) is 1. The Bertz CT molecular complexity index is 964. The second-order valence-electron chi connectivity index (χ2n) is 6.50. The van der Waals surface area contributed by atoms with Crippen LogP contribution in [0.1, 0.15) is 34.0 Å². The van der Waals surface area contributed by atoms with Crippen molar-refractivity contribution in [1.29, 1.82) is 0 Å². The Labute approximate surface area is 171 Å². The minimum absolute atomic E-state index is 0.281. The molecule has 0 aliphatic heterocycles. The molecule has 3 aromatic carbocycles. The van der Waals surface area contributed by atoms with Gasteiger partial charge in [0, 0.05) is 5.56 Å². The van der Waals surface area contributed by atoms with Gasteiger partial charge in [0.1, 0.15) is 18.1 Å². The third-order valence-corrected chi connectivity index (χ3v) is 4.19. The van der Waals surface area contributed by atoms with Gasteiger partial charge in [0.15, 0.2) is 0 Å². The van der Waals surface area contributed by atoms with Crippen LogP contribution in [0.25, 0.3) is 0 Å². The predicted octanol–water partition coefficient (Wildman–Crippen LogP) is 4.74. The quantitative estimate of drug-likeness (QED) is 0.448. The van der Waals surface area contributed by atoms with Gasteiger partial charge in [-0.15, -0.1) is 0 Å². The van der Waals surface area contributed by atoms with Crippen molar-refractivity contribution >= 4 is 12.1 Å². The first-order chi connectivity index (χ1) is 14.1. The van der Waals surface area contributed by atoms with Crippen molar-refractivity contribution in [2.45, 2.75) is 20.5 Å². The molecule has 0 aliphatic carbocycles. The van der Waals surface area contributed by atoms with Crippen LogP contribution in [0.15, 0.2) is 77.9 Å². The van der Waals surface area contributed by atoms with Gasteiger partial charge in [0.05, 0.1) is 12.8 Å². The number of amides is 1. The largest absolute Gasteiger partial charge is 0.494 e. The molecule has 0 saturated heterocycles. The Balaban J connectivity index is 1.54. The van der Waals surface area contributed by atoms with Crippen molar-refractivity contribution in [1.82, 2.24) is 5.43 Å². The smallest absolute Gasteiger partial charge is 0.271 e. The van der Waals surface area contributed by atoms with Crippen molar-refractivity contribution in [3.63, 3.8) is 0 Å². The van der Waals surface area contributed by atoms with Gasteiger partial charge < -0.3 is 9.47 Å². The van der Waals surface area contributed by atoms with Gasteiger partial charge in [0.2, 0.25) is 0 Å². The highest BCUT2D eigenvalue weighted by atomic mass is 16.5. The highest BCUT2D eigenvalue weighted by molar-refractivity contribution is 5.95. The number of rotatable bonds is 8. The van der Waals surface area contributed by atoms with E-state index in [4.69, 9.17) is 9.47 Å². The second-order valence-corrected chi connectivity index (χ2v) is 6.50. The molecule has 0 heterocycles. The molecule has 0 saturated carbocycles. The van der Waals surface area contributed by atoms with E-state index in [9.17, 15) is 4.79 Å². The number of hydrogen-bond acceptors (Lipinski definition) is 4. The van der Waals surface area contributed by atoms with Gasteiger partial charge >= 0.3 is 0 Å². The molecule has 5 nitrogen and oxygen atoms in total. The number of carbonyl (C=O) groups is 1. The van der Waals surface area contributed by atoms with Crippen LogP contribution in [0.5, 0.6) is 11.5 Å². The Morgan fingerprint density at radius 2 is 1.72 bits per heavy atom. The fourth-order valence-electron chi connectivity index (χ4n) is 2.63. The number of aryl methyl sites for hydroxylation is 1. The first-order valence-corrected chi connectivity index (χ1v) is 9.48. The molecule has 0 fully saturated rings. The van der Waals surface area contributed by atoms with E-state index in [1.165, 1.54) is 5.56 Å². The maximum Gasteiger partial charge on any atom is 0.271 e. The van der Waals surface area contributed by atoms with Gasteiger partial charge in [-0.25, -0.2) is 5.43 Å². The summed E-state index contributed by atoms with van der Waals surface area (Å²) in [5.41, 5.74) is 6.21. The van der Waals surface area contributed by atoms with E-state index in [0.29, 0.717) is 18.8 Å². The summed E-state index contributed by atoms with van der Waals surface area (Å²) < 4.78 is 11.2. The van der Waals surface area contributed by atoms with E-state index in [0.717, 1.165) is 22.6 Å². The van der Waals surface area contributed by atoms with Gasteiger partial charge in [-0.05, 0) is 61.4 Å². The average molecular weight is 388 g/mol. The molecular weight excluding hydrogens is 364 g/mol. The Morgan fingerprint density at radius 3 is 2.45 bits per heavy atom. The van der Waals surface area contributed by atoms with Crippen LogP contribution in [0, 0.1) is 6.92 Å². The van der Waals surface area contributed by atoms with Crippen molar-refractivity contribution in [2.75, 3.05) is 6.61 Å². The minimum atomic E-state index is -0.281. The maximum atomic E-state index is 12.2. The second kappa shape index (κ2) is 10.1. The lowest BCUT2D eigenvalue weighted by atomic mass is 10.2. The normalized spacial score (nSPS) is 10.7. The summed E-state index contributed by atoms with van der Waals surface area (Å²) in [5, 5.41) is 4.03. The fourth-order valence-corrected chi connectivity index (χ4v) is 2.63. The minimum Gasteiger partial charge on any atom is -0.494 e. The zero-order valence-electron chi connectivity index (χ0n) is 16.6. The molecule has 1 amide bonds. The molecule has 0 unspecified atom stereocenters. The molecule has 1 N–H and O–H groups in total. The SMILES string of the molecule is CCOc1ccc(C(=O)N/N=C\c2cccc(OCc3ccc(C)cc3)c2)cc1. The lowest BCUT2D eigenvalue weighted by Gasteiger charge is -2.07. The van der Waals surface area contributed by atoms with Crippen LogP contribution < -0.4 is 14.9 Å². The summed E-state index contributed by atoms with van der Waals surface area (Å²) in [7, 11) is 0. The molecule has 0 bridgehead atoms. The van der Waals surface area contributed by atoms with Crippen LogP contribution in [-0.4, -0.2) is 18.7 Å². The molecular formula is C24H24N2O3. The number of nitrogens with one attached hydrogen (secondary N) is 1. The fraction of sp³-hybridized carbons (Fsp3) is 0.167. The molecule has 3 rings (SSSR count). The van der Waals surface area contributed by atoms with Crippen molar-refractivity contribution in [2.24, 2.45) is 5.10 Å². The lowest BCUT2D eigenvalue weighted by molar-refractivity contribution is 0.0955. The van der Waals surface area contributed by atoms with Crippen LogP contribution in [0.4, 0.5) is 0 Å². The van der Waals surface area contributed by atoms with E-state index in [1.807, 2.05) is 31.2 Å². The van der Waals surface area contributed by atoms with E-state index >= 15 is 0 Å². The van der Waals surface area contributed by atoms with E-state index in [2.05, 4.69) is 41.7 Å². The topological polar surface area (TPSA) is 59.9 Å². The summed E-state index contributed by atoms with van der Waals surface area (Å²) in [5.74, 6) is 1.19. The van der Waals surface area contributed by atoms with Crippen molar-refractivity contribution in [3.8, 4) is 11.5 Å². The average Bonchev–Trinajstić information content (AvgIpc) is 2.74. The Morgan fingerprint density at radius 1 is 0.966 bits per heavy atom. The number of ether oxygens (including phenoxy) is 2. The maximum absolute atomic E-state index is 12.2. The summed E-state index contributed by atoms with van der Waals surface area (Å²) in [6, 6.07) is 22.7. The summed E-state index contributed by atoms with van der Waals surface area (Å²) in [4.78, 5) is 12.2. The number of carbonyl (C=O) groups excluding carboxylic acids is 1. The molecule has 5 heteroatoms. The molecule has 0 spiro atoms. The van der Waals surface area contributed by atoms with Crippen LogP contribution >= 0.6 is 0 Å². The molecule has 0 atom stereocenters. The van der Waals surface area contributed by atoms with Crippen LogP contribution in [-0.2, 0) is 6.61 Å². The zero-order valence-corrected chi connectivity index (χ0v) is 16.6. The van der Waals surface area contributed by atoms with Gasteiger partial charge in [-0.3, -0.25) is 4.79 Å². The zero-order chi connectivity index (χ0) is 20.5. The molecule has 0 aromatic heterocycles. The third kappa shape index (κ3) is 6.21. The van der Waals surface area contributed by atoms with Crippen molar-refractivity contribution in [3.05, 3.63) is 95.1 Å². The number of benzene rings is 3. The summed E-state index contributed by atoms with van der Waals surface area (Å²) in [6.45, 7) is 5.05. The predicted molar refractivity (Wildman–Crippen MR) is 115 cm³/mol. The highest BCUT2D eigenvalue weighted by Crippen LogP contribution is 2.15. The Hall–Kier alpha value is -3.60.